The summed E-state index contributed by atoms with van der Waals surface area (Å²) in [6.45, 7) is -0.453. The van der Waals surface area contributed by atoms with Gasteiger partial charge in [0.05, 0.1) is 21.4 Å². The molecule has 7 nitrogen and oxygen atoms in total. The van der Waals surface area contributed by atoms with Gasteiger partial charge in [-0.15, -0.1) is 0 Å². The van der Waals surface area contributed by atoms with E-state index in [1.807, 2.05) is 48.5 Å². The highest BCUT2D eigenvalue weighted by atomic mass is 32.2. The van der Waals surface area contributed by atoms with Crippen molar-refractivity contribution in [2.24, 2.45) is 0 Å². The Bertz CT molecular complexity index is 1180. The van der Waals surface area contributed by atoms with Crippen molar-refractivity contribution in [3.63, 3.8) is 0 Å². The van der Waals surface area contributed by atoms with Crippen molar-refractivity contribution in [2.45, 2.75) is 35.1 Å². The molecule has 8 heteroatoms. The summed E-state index contributed by atoms with van der Waals surface area (Å²) >= 11 is 1.24. The molecule has 0 fully saturated rings. The zero-order valence-electron chi connectivity index (χ0n) is 17.7. The maximum atomic E-state index is 12.5. The number of nitro groups is 1. The molecule has 3 aromatic rings. The third kappa shape index (κ3) is 5.59. The van der Waals surface area contributed by atoms with Gasteiger partial charge in [-0.1, -0.05) is 54.2 Å². The maximum Gasteiger partial charge on any atom is 0.338 e. The Balaban J connectivity index is 1.39. The molecule has 0 saturated heterocycles. The molecule has 1 aliphatic rings. The molecule has 0 aliphatic heterocycles. The highest BCUT2D eigenvalue weighted by molar-refractivity contribution is 7.99. The van der Waals surface area contributed by atoms with E-state index in [9.17, 15) is 19.7 Å². The van der Waals surface area contributed by atoms with E-state index in [0.29, 0.717) is 4.90 Å². The normalized spacial score (nSPS) is 14.7. The predicted molar refractivity (Wildman–Crippen MR) is 124 cm³/mol. The summed E-state index contributed by atoms with van der Waals surface area (Å²) in [4.78, 5) is 37.1. The zero-order valence-corrected chi connectivity index (χ0v) is 18.5. The summed E-state index contributed by atoms with van der Waals surface area (Å²) in [5, 5.41) is 14.5. The van der Waals surface area contributed by atoms with Crippen LogP contribution in [0.2, 0.25) is 0 Å². The molecule has 1 aliphatic carbocycles. The van der Waals surface area contributed by atoms with Crippen molar-refractivity contribution in [1.29, 1.82) is 0 Å². The van der Waals surface area contributed by atoms with Crippen LogP contribution in [0.3, 0.4) is 0 Å². The molecule has 0 saturated carbocycles. The van der Waals surface area contributed by atoms with Gasteiger partial charge in [0.15, 0.2) is 6.61 Å². The molecule has 1 atom stereocenters. The largest absolute Gasteiger partial charge is 0.452 e. The van der Waals surface area contributed by atoms with Crippen LogP contribution in [0, 0.1) is 10.1 Å². The second-order valence-electron chi connectivity index (χ2n) is 7.64. The smallest absolute Gasteiger partial charge is 0.338 e. The molecule has 0 aromatic heterocycles. The molecule has 4 rings (SSSR count). The minimum atomic E-state index is -0.784. The third-order valence-corrected chi connectivity index (χ3v) is 6.47. The van der Waals surface area contributed by atoms with E-state index in [4.69, 9.17) is 4.74 Å². The number of benzene rings is 3. The number of esters is 1. The monoisotopic (exact) mass is 462 g/mol. The molecule has 0 radical (unpaired) electrons. The van der Waals surface area contributed by atoms with E-state index in [-0.39, 0.29) is 17.3 Å². The molecule has 0 heterocycles. The van der Waals surface area contributed by atoms with Gasteiger partial charge in [0, 0.05) is 11.0 Å². The maximum absolute atomic E-state index is 12.5. The lowest BCUT2D eigenvalue weighted by molar-refractivity contribution is -0.387. The second-order valence-corrected chi connectivity index (χ2v) is 8.76. The summed E-state index contributed by atoms with van der Waals surface area (Å²) in [7, 11) is 0. The van der Waals surface area contributed by atoms with Crippen molar-refractivity contribution in [3.05, 3.63) is 99.6 Å². The van der Waals surface area contributed by atoms with Crippen molar-refractivity contribution >= 4 is 29.3 Å². The highest BCUT2D eigenvalue weighted by Crippen LogP contribution is 2.35. The molecule has 3 aromatic carbocycles. The number of hydrogen-bond acceptors (Lipinski definition) is 6. The highest BCUT2D eigenvalue weighted by Gasteiger charge is 2.23. The van der Waals surface area contributed by atoms with Crippen LogP contribution in [0.5, 0.6) is 0 Å². The number of fused-ring (bicyclic) bond motifs is 1. The van der Waals surface area contributed by atoms with Gasteiger partial charge in [0.2, 0.25) is 0 Å². The molecule has 168 valence electrons. The first kappa shape index (κ1) is 22.5. The van der Waals surface area contributed by atoms with Gasteiger partial charge in [-0.2, -0.15) is 0 Å². The summed E-state index contributed by atoms with van der Waals surface area (Å²) in [6.07, 6.45) is 2.77. The molecule has 1 amide bonds. The van der Waals surface area contributed by atoms with Gasteiger partial charge in [-0.05, 0) is 54.7 Å². The topological polar surface area (TPSA) is 98.5 Å². The number of amides is 1. The summed E-state index contributed by atoms with van der Waals surface area (Å²) in [6, 6.07) is 21.3. The van der Waals surface area contributed by atoms with Crippen molar-refractivity contribution in [2.75, 3.05) is 6.61 Å². The van der Waals surface area contributed by atoms with Crippen molar-refractivity contribution in [3.8, 4) is 0 Å². The number of rotatable bonds is 7. The Morgan fingerprint density at radius 3 is 2.61 bits per heavy atom. The molecular weight excluding hydrogens is 440 g/mol. The number of nitro benzene ring substituents is 1. The first-order valence-corrected chi connectivity index (χ1v) is 11.4. The van der Waals surface area contributed by atoms with Crippen LogP contribution in [0.1, 0.15) is 40.4 Å². The Kier molecular flexibility index (Phi) is 7.04. The van der Waals surface area contributed by atoms with Crippen LogP contribution in [0.15, 0.2) is 82.6 Å². The molecule has 0 unspecified atom stereocenters. The summed E-state index contributed by atoms with van der Waals surface area (Å²) in [5.74, 6) is -1.19. The Hall–Kier alpha value is -3.65. The van der Waals surface area contributed by atoms with E-state index >= 15 is 0 Å². The van der Waals surface area contributed by atoms with Crippen LogP contribution in [-0.2, 0) is 16.0 Å². The predicted octanol–water partition coefficient (Wildman–Crippen LogP) is 5.10. The lowest BCUT2D eigenvalue weighted by Crippen LogP contribution is -2.34. The number of nitrogens with one attached hydrogen (secondary N) is 1. The summed E-state index contributed by atoms with van der Waals surface area (Å²) in [5.41, 5.74) is 2.13. The van der Waals surface area contributed by atoms with Crippen molar-refractivity contribution < 1.29 is 19.2 Å². The third-order valence-electron chi connectivity index (χ3n) is 5.40. The van der Waals surface area contributed by atoms with Gasteiger partial charge < -0.3 is 10.1 Å². The minimum Gasteiger partial charge on any atom is -0.452 e. The molecule has 0 bridgehead atoms. The van der Waals surface area contributed by atoms with E-state index < -0.39 is 23.4 Å². The van der Waals surface area contributed by atoms with Gasteiger partial charge in [0.25, 0.3) is 11.6 Å². The van der Waals surface area contributed by atoms with Crippen LogP contribution in [-0.4, -0.2) is 23.4 Å². The Morgan fingerprint density at radius 1 is 1.06 bits per heavy atom. The lowest BCUT2D eigenvalue weighted by atomic mass is 9.88. The number of carbonyl (C=O) groups excluding carboxylic acids is 2. The van der Waals surface area contributed by atoms with Gasteiger partial charge in [-0.25, -0.2) is 4.79 Å². The van der Waals surface area contributed by atoms with Crippen molar-refractivity contribution in [1.82, 2.24) is 5.32 Å². The number of aryl methyl sites for hydroxylation is 1. The Morgan fingerprint density at radius 2 is 1.82 bits per heavy atom. The number of ether oxygens (including phenoxy) is 1. The van der Waals surface area contributed by atoms with E-state index in [0.717, 1.165) is 29.7 Å². The minimum absolute atomic E-state index is 0.0231. The first-order valence-electron chi connectivity index (χ1n) is 10.6. The number of nitrogens with zero attached hydrogens (tertiary/aromatic N) is 1. The standard InChI is InChI=1S/C25H22N2O5S/c28-24(26-21-12-6-8-17-7-4-5-11-20(17)21)16-32-25(29)18-13-14-23(22(15-18)27(30)31)33-19-9-2-1-3-10-19/h1-5,7,9-11,13-15,21H,6,8,12,16H2,(H,26,28)/t21-/m0/s1. The van der Waals surface area contributed by atoms with E-state index in [2.05, 4.69) is 11.4 Å². The average molecular weight is 463 g/mol. The fourth-order valence-electron chi connectivity index (χ4n) is 3.84. The number of carbonyl (C=O) groups is 2. The van der Waals surface area contributed by atoms with Gasteiger partial charge in [-0.3, -0.25) is 14.9 Å². The lowest BCUT2D eigenvalue weighted by Gasteiger charge is -2.26. The quantitative estimate of drug-likeness (QED) is 0.298. The first-order chi connectivity index (χ1) is 16.0. The Labute approximate surface area is 195 Å². The zero-order chi connectivity index (χ0) is 23.2. The average Bonchev–Trinajstić information content (AvgIpc) is 2.83. The van der Waals surface area contributed by atoms with E-state index in [1.54, 1.807) is 0 Å². The van der Waals surface area contributed by atoms with Crippen LogP contribution >= 0.6 is 11.8 Å². The molecule has 0 spiro atoms. The van der Waals surface area contributed by atoms with Crippen LogP contribution < -0.4 is 5.32 Å². The molecule has 33 heavy (non-hydrogen) atoms. The van der Waals surface area contributed by atoms with Gasteiger partial charge in [0.1, 0.15) is 0 Å². The van der Waals surface area contributed by atoms with Crippen LogP contribution in [0.4, 0.5) is 5.69 Å². The molecule has 1 N–H and O–H groups in total. The molecular formula is C25H22N2O5S. The second kappa shape index (κ2) is 10.3. The van der Waals surface area contributed by atoms with Gasteiger partial charge >= 0.3 is 5.97 Å². The SMILES string of the molecule is O=C(COC(=O)c1ccc(Sc2ccccc2)c([N+](=O)[O-])c1)N[C@H]1CCCc2ccccc21. The van der Waals surface area contributed by atoms with Crippen LogP contribution in [0.25, 0.3) is 0 Å². The number of hydrogen-bond donors (Lipinski definition) is 1. The fraction of sp³-hybridized carbons (Fsp3) is 0.200. The summed E-state index contributed by atoms with van der Waals surface area (Å²) < 4.78 is 5.13. The fourth-order valence-corrected chi connectivity index (χ4v) is 4.76. The van der Waals surface area contributed by atoms with E-state index in [1.165, 1.54) is 35.5 Å².